The van der Waals surface area contributed by atoms with Gasteiger partial charge in [0.1, 0.15) is 0 Å². The van der Waals surface area contributed by atoms with Crippen LogP contribution in [0.4, 0.5) is 5.69 Å². The molecule has 0 saturated heterocycles. The van der Waals surface area contributed by atoms with Gasteiger partial charge in [-0.1, -0.05) is 0 Å². The van der Waals surface area contributed by atoms with Crippen molar-refractivity contribution >= 4 is 21.7 Å². The molecule has 1 heterocycles. The normalized spacial score (nSPS) is 11.1. The summed E-state index contributed by atoms with van der Waals surface area (Å²) in [6.45, 7) is 0.106. The standard InChI is InChI=1S/C9H13N3O4S/c1-10-17(15,16)5-4-12-8-6-11-3-2-7(8)9(13)14/h2-3,6,10,12H,4-5H2,1H3,(H,13,14). The van der Waals surface area contributed by atoms with Gasteiger partial charge in [-0.15, -0.1) is 0 Å². The molecule has 8 heteroatoms. The van der Waals surface area contributed by atoms with Crippen molar-refractivity contribution < 1.29 is 18.3 Å². The van der Waals surface area contributed by atoms with Crippen molar-refractivity contribution in [1.82, 2.24) is 9.71 Å². The van der Waals surface area contributed by atoms with Crippen molar-refractivity contribution in [1.29, 1.82) is 0 Å². The van der Waals surface area contributed by atoms with Crippen LogP contribution in [-0.4, -0.2) is 43.8 Å². The quantitative estimate of drug-likeness (QED) is 0.649. The first-order valence-corrected chi connectivity index (χ1v) is 6.44. The summed E-state index contributed by atoms with van der Waals surface area (Å²) in [5.41, 5.74) is 0.355. The molecule has 0 aromatic carbocycles. The van der Waals surface area contributed by atoms with Crippen LogP contribution in [0, 0.1) is 0 Å². The number of anilines is 1. The van der Waals surface area contributed by atoms with E-state index in [1.54, 1.807) is 0 Å². The van der Waals surface area contributed by atoms with E-state index in [0.717, 1.165) is 0 Å². The van der Waals surface area contributed by atoms with E-state index in [1.807, 2.05) is 0 Å². The van der Waals surface area contributed by atoms with Crippen molar-refractivity contribution in [3.8, 4) is 0 Å². The third-order valence-electron chi connectivity index (χ3n) is 2.05. The van der Waals surface area contributed by atoms with Crippen LogP contribution in [-0.2, 0) is 10.0 Å². The van der Waals surface area contributed by atoms with Crippen LogP contribution < -0.4 is 10.0 Å². The van der Waals surface area contributed by atoms with E-state index in [-0.39, 0.29) is 17.9 Å². The Bertz CT molecular complexity index is 501. The van der Waals surface area contributed by atoms with Gasteiger partial charge < -0.3 is 10.4 Å². The number of sulfonamides is 1. The van der Waals surface area contributed by atoms with Crippen molar-refractivity contribution in [2.45, 2.75) is 0 Å². The highest BCUT2D eigenvalue weighted by molar-refractivity contribution is 7.89. The zero-order valence-corrected chi connectivity index (χ0v) is 9.99. The Balaban J connectivity index is 2.67. The number of nitrogens with zero attached hydrogens (tertiary/aromatic N) is 1. The molecule has 17 heavy (non-hydrogen) atoms. The van der Waals surface area contributed by atoms with E-state index < -0.39 is 16.0 Å². The SMILES string of the molecule is CNS(=O)(=O)CCNc1cnccc1C(=O)O. The lowest BCUT2D eigenvalue weighted by atomic mass is 10.2. The Morgan fingerprint density at radius 2 is 2.24 bits per heavy atom. The van der Waals surface area contributed by atoms with Crippen LogP contribution in [0.3, 0.4) is 0 Å². The molecule has 1 rings (SSSR count). The lowest BCUT2D eigenvalue weighted by Crippen LogP contribution is -2.26. The molecule has 1 aromatic rings. The van der Waals surface area contributed by atoms with E-state index in [0.29, 0.717) is 5.69 Å². The van der Waals surface area contributed by atoms with Gasteiger partial charge in [0.05, 0.1) is 23.2 Å². The maximum absolute atomic E-state index is 11.1. The molecule has 0 amide bonds. The second kappa shape index (κ2) is 5.60. The van der Waals surface area contributed by atoms with Crippen molar-refractivity contribution in [3.05, 3.63) is 24.0 Å². The van der Waals surface area contributed by atoms with Gasteiger partial charge in [0.15, 0.2) is 0 Å². The third kappa shape index (κ3) is 4.00. The van der Waals surface area contributed by atoms with Gasteiger partial charge in [-0.25, -0.2) is 17.9 Å². The molecule has 0 unspecified atom stereocenters. The zero-order chi connectivity index (χ0) is 12.9. The molecular formula is C9H13N3O4S. The molecule has 1 aromatic heterocycles. The van der Waals surface area contributed by atoms with Crippen LogP contribution in [0.25, 0.3) is 0 Å². The van der Waals surface area contributed by atoms with Crippen LogP contribution in [0.1, 0.15) is 10.4 Å². The average Bonchev–Trinajstić information content (AvgIpc) is 2.29. The van der Waals surface area contributed by atoms with Gasteiger partial charge in [0.25, 0.3) is 0 Å². The summed E-state index contributed by atoms with van der Waals surface area (Å²) < 4.78 is 24.4. The summed E-state index contributed by atoms with van der Waals surface area (Å²) in [5, 5.41) is 11.6. The molecular weight excluding hydrogens is 246 g/mol. The third-order valence-corrected chi connectivity index (χ3v) is 3.41. The first-order chi connectivity index (χ1) is 7.96. The predicted molar refractivity (Wildman–Crippen MR) is 62.5 cm³/mol. The van der Waals surface area contributed by atoms with Crippen LogP contribution in [0.15, 0.2) is 18.5 Å². The molecule has 3 N–H and O–H groups in total. The fourth-order valence-corrected chi connectivity index (χ4v) is 1.72. The minimum Gasteiger partial charge on any atom is -0.478 e. The second-order valence-corrected chi connectivity index (χ2v) is 5.22. The van der Waals surface area contributed by atoms with Gasteiger partial charge in [-0.05, 0) is 13.1 Å². The fraction of sp³-hybridized carbons (Fsp3) is 0.333. The molecule has 0 atom stereocenters. The first-order valence-electron chi connectivity index (χ1n) is 4.78. The number of nitrogens with one attached hydrogen (secondary N) is 2. The topological polar surface area (TPSA) is 108 Å². The summed E-state index contributed by atoms with van der Waals surface area (Å²) in [7, 11) is -1.98. The van der Waals surface area contributed by atoms with Crippen molar-refractivity contribution in [2.24, 2.45) is 0 Å². The molecule has 0 bridgehead atoms. The Labute approximate surface area is 98.9 Å². The summed E-state index contributed by atoms with van der Waals surface area (Å²) in [6, 6.07) is 1.34. The van der Waals surface area contributed by atoms with Gasteiger partial charge in [-0.3, -0.25) is 4.98 Å². The Morgan fingerprint density at radius 1 is 1.53 bits per heavy atom. The van der Waals surface area contributed by atoms with Gasteiger partial charge in [-0.2, -0.15) is 0 Å². The van der Waals surface area contributed by atoms with Crippen LogP contribution >= 0.6 is 0 Å². The Kier molecular flexibility index (Phi) is 4.41. The van der Waals surface area contributed by atoms with Crippen LogP contribution in [0.5, 0.6) is 0 Å². The summed E-state index contributed by atoms with van der Waals surface area (Å²) in [4.78, 5) is 14.6. The van der Waals surface area contributed by atoms with E-state index in [2.05, 4.69) is 15.0 Å². The number of carboxylic acid groups (broad SMARTS) is 1. The average molecular weight is 259 g/mol. The molecule has 0 fully saturated rings. The Morgan fingerprint density at radius 3 is 2.82 bits per heavy atom. The minimum atomic E-state index is -3.30. The van der Waals surface area contributed by atoms with E-state index >= 15 is 0 Å². The van der Waals surface area contributed by atoms with E-state index in [4.69, 9.17) is 5.11 Å². The van der Waals surface area contributed by atoms with Crippen molar-refractivity contribution in [3.63, 3.8) is 0 Å². The molecule has 0 aliphatic heterocycles. The van der Waals surface area contributed by atoms with E-state index in [9.17, 15) is 13.2 Å². The number of rotatable bonds is 6. The number of aromatic carboxylic acids is 1. The molecule has 7 nitrogen and oxygen atoms in total. The van der Waals surface area contributed by atoms with Gasteiger partial charge in [0.2, 0.25) is 10.0 Å². The molecule has 0 aliphatic rings. The molecule has 0 radical (unpaired) electrons. The number of carbonyl (C=O) groups is 1. The molecule has 0 aliphatic carbocycles. The number of pyridine rings is 1. The van der Waals surface area contributed by atoms with Crippen molar-refractivity contribution in [2.75, 3.05) is 24.7 Å². The minimum absolute atomic E-state index is 0.0573. The summed E-state index contributed by atoms with van der Waals surface area (Å²) >= 11 is 0. The number of hydrogen-bond acceptors (Lipinski definition) is 5. The van der Waals surface area contributed by atoms with Gasteiger partial charge in [0, 0.05) is 12.7 Å². The predicted octanol–water partition coefficient (Wildman–Crippen LogP) is -0.259. The molecule has 0 spiro atoms. The second-order valence-electron chi connectivity index (χ2n) is 3.18. The fourth-order valence-electron chi connectivity index (χ4n) is 1.14. The van der Waals surface area contributed by atoms with Crippen LogP contribution in [0.2, 0.25) is 0 Å². The van der Waals surface area contributed by atoms with Gasteiger partial charge >= 0.3 is 5.97 Å². The summed E-state index contributed by atoms with van der Waals surface area (Å²) in [5.74, 6) is -1.23. The lowest BCUT2D eigenvalue weighted by Gasteiger charge is -2.08. The lowest BCUT2D eigenvalue weighted by molar-refractivity contribution is 0.0698. The molecule has 94 valence electrons. The highest BCUT2D eigenvalue weighted by Gasteiger charge is 2.11. The summed E-state index contributed by atoms with van der Waals surface area (Å²) in [6.07, 6.45) is 2.70. The maximum Gasteiger partial charge on any atom is 0.337 e. The molecule has 0 saturated carbocycles. The first kappa shape index (κ1) is 13.4. The highest BCUT2D eigenvalue weighted by Crippen LogP contribution is 2.12. The largest absolute Gasteiger partial charge is 0.478 e. The Hall–Kier alpha value is -1.67. The number of carboxylic acids is 1. The zero-order valence-electron chi connectivity index (χ0n) is 9.17. The highest BCUT2D eigenvalue weighted by atomic mass is 32.2. The smallest absolute Gasteiger partial charge is 0.337 e. The monoisotopic (exact) mass is 259 g/mol. The van der Waals surface area contributed by atoms with E-state index in [1.165, 1.54) is 25.5 Å². The number of hydrogen-bond donors (Lipinski definition) is 3. The number of aromatic nitrogens is 1. The maximum atomic E-state index is 11.1.